The first-order valence-electron chi connectivity index (χ1n) is 12.1. The SMILES string of the molecule is CC(O)C(NC(=O)C(Cc1ccccc1)NC(=O)C(CCC(N)=O)NC(=O)C(N)CCCCN)C(=O)O. The molecular weight excluding hydrogens is 484 g/mol. The number of rotatable bonds is 17. The van der Waals surface area contributed by atoms with Crippen LogP contribution in [0.1, 0.15) is 44.6 Å². The van der Waals surface area contributed by atoms with Crippen LogP contribution in [-0.2, 0) is 30.4 Å². The van der Waals surface area contributed by atoms with Gasteiger partial charge in [-0.25, -0.2) is 4.79 Å². The first-order valence-corrected chi connectivity index (χ1v) is 12.1. The highest BCUT2D eigenvalue weighted by atomic mass is 16.4. The molecule has 0 bridgehead atoms. The van der Waals surface area contributed by atoms with Crippen LogP contribution in [0, 0.1) is 0 Å². The van der Waals surface area contributed by atoms with E-state index in [2.05, 4.69) is 16.0 Å². The Morgan fingerprint density at radius 1 is 0.892 bits per heavy atom. The number of amides is 4. The smallest absolute Gasteiger partial charge is 0.328 e. The van der Waals surface area contributed by atoms with Gasteiger partial charge in [0, 0.05) is 12.8 Å². The summed E-state index contributed by atoms with van der Waals surface area (Å²) in [7, 11) is 0. The van der Waals surface area contributed by atoms with Gasteiger partial charge in [0.05, 0.1) is 12.1 Å². The molecule has 13 nitrogen and oxygen atoms in total. The van der Waals surface area contributed by atoms with Crippen LogP contribution in [0.5, 0.6) is 0 Å². The average Bonchev–Trinajstić information content (AvgIpc) is 2.84. The van der Waals surface area contributed by atoms with Gasteiger partial charge >= 0.3 is 5.97 Å². The number of primary amides is 1. The summed E-state index contributed by atoms with van der Waals surface area (Å²) in [6, 6.07) is 3.61. The maximum Gasteiger partial charge on any atom is 0.328 e. The number of benzene rings is 1. The lowest BCUT2D eigenvalue weighted by molar-refractivity contribution is -0.145. The molecule has 4 amide bonds. The van der Waals surface area contributed by atoms with E-state index in [-0.39, 0.29) is 19.3 Å². The molecule has 37 heavy (non-hydrogen) atoms. The molecule has 0 aliphatic carbocycles. The Morgan fingerprint density at radius 2 is 1.49 bits per heavy atom. The second kappa shape index (κ2) is 16.2. The largest absolute Gasteiger partial charge is 0.480 e. The molecular formula is C24H38N6O7. The summed E-state index contributed by atoms with van der Waals surface area (Å²) in [5, 5.41) is 26.3. The predicted octanol–water partition coefficient (Wildman–Crippen LogP) is -2.13. The third kappa shape index (κ3) is 11.8. The Hall–Kier alpha value is -3.55. The standard InChI is InChI=1S/C24H38N6O7/c1-14(31)20(24(36)37)30-23(35)18(13-15-7-3-2-4-8-15)29-22(34)17(10-11-19(27)32)28-21(33)16(26)9-5-6-12-25/h2-4,7-8,14,16-18,20,31H,5-6,9-13,25-26H2,1H3,(H2,27,32)(H,28,33)(H,29,34)(H,30,35)(H,36,37). The molecule has 0 aliphatic heterocycles. The van der Waals surface area contributed by atoms with Gasteiger partial charge in [0.1, 0.15) is 12.1 Å². The van der Waals surface area contributed by atoms with E-state index in [0.717, 1.165) is 0 Å². The van der Waals surface area contributed by atoms with Crippen molar-refractivity contribution in [2.45, 2.75) is 75.7 Å². The third-order valence-corrected chi connectivity index (χ3v) is 5.58. The zero-order valence-corrected chi connectivity index (χ0v) is 20.9. The summed E-state index contributed by atoms with van der Waals surface area (Å²) >= 11 is 0. The molecule has 0 radical (unpaired) electrons. The van der Waals surface area contributed by atoms with Gasteiger partial charge in [-0.15, -0.1) is 0 Å². The topological polar surface area (TPSA) is 240 Å². The number of aliphatic carboxylic acids is 1. The highest BCUT2D eigenvalue weighted by molar-refractivity contribution is 5.94. The molecule has 0 fully saturated rings. The van der Waals surface area contributed by atoms with Crippen molar-refractivity contribution in [1.82, 2.24) is 16.0 Å². The normalized spacial score (nSPS) is 14.9. The number of carboxylic acid groups (broad SMARTS) is 1. The summed E-state index contributed by atoms with van der Waals surface area (Å²) in [5.74, 6) is -4.42. The zero-order chi connectivity index (χ0) is 28.0. The number of nitrogens with one attached hydrogen (secondary N) is 3. The van der Waals surface area contributed by atoms with Crippen molar-refractivity contribution in [2.24, 2.45) is 17.2 Å². The summed E-state index contributed by atoms with van der Waals surface area (Å²) in [5.41, 5.74) is 17.2. The fraction of sp³-hybridized carbons (Fsp3) is 0.542. The second-order valence-electron chi connectivity index (χ2n) is 8.77. The lowest BCUT2D eigenvalue weighted by atomic mass is 10.0. The highest BCUT2D eigenvalue weighted by Crippen LogP contribution is 2.07. The van der Waals surface area contributed by atoms with Gasteiger partial charge < -0.3 is 43.4 Å². The summed E-state index contributed by atoms with van der Waals surface area (Å²) in [4.78, 5) is 61.5. The second-order valence-corrected chi connectivity index (χ2v) is 8.77. The Morgan fingerprint density at radius 3 is 2.03 bits per heavy atom. The van der Waals surface area contributed by atoms with E-state index in [4.69, 9.17) is 17.2 Å². The minimum Gasteiger partial charge on any atom is -0.480 e. The van der Waals surface area contributed by atoms with Crippen molar-refractivity contribution in [3.05, 3.63) is 35.9 Å². The molecule has 0 aromatic heterocycles. The predicted molar refractivity (Wildman–Crippen MR) is 135 cm³/mol. The van der Waals surface area contributed by atoms with E-state index in [1.54, 1.807) is 30.3 Å². The number of carboxylic acids is 1. The van der Waals surface area contributed by atoms with E-state index >= 15 is 0 Å². The van der Waals surface area contributed by atoms with Crippen LogP contribution in [0.2, 0.25) is 0 Å². The van der Waals surface area contributed by atoms with Crippen LogP contribution in [0.25, 0.3) is 0 Å². The van der Waals surface area contributed by atoms with Crippen molar-refractivity contribution in [3.8, 4) is 0 Å². The molecule has 206 valence electrons. The zero-order valence-electron chi connectivity index (χ0n) is 20.9. The number of aliphatic hydroxyl groups excluding tert-OH is 1. The van der Waals surface area contributed by atoms with Gasteiger partial charge in [-0.1, -0.05) is 36.8 Å². The molecule has 5 unspecified atom stereocenters. The van der Waals surface area contributed by atoms with E-state index in [1.807, 2.05) is 0 Å². The first kappa shape index (κ1) is 31.5. The van der Waals surface area contributed by atoms with Gasteiger partial charge in [0.25, 0.3) is 0 Å². The van der Waals surface area contributed by atoms with Gasteiger partial charge in [0.15, 0.2) is 6.04 Å². The Bertz CT molecular complexity index is 912. The average molecular weight is 523 g/mol. The number of aliphatic hydroxyl groups is 1. The Balaban J connectivity index is 3.09. The van der Waals surface area contributed by atoms with Crippen LogP contribution in [0.3, 0.4) is 0 Å². The molecule has 0 spiro atoms. The summed E-state index contributed by atoms with van der Waals surface area (Å²) < 4.78 is 0. The van der Waals surface area contributed by atoms with Crippen molar-refractivity contribution >= 4 is 29.6 Å². The minimum absolute atomic E-state index is 0.0142. The molecule has 1 rings (SSSR count). The lowest BCUT2D eigenvalue weighted by Crippen LogP contribution is -2.58. The van der Waals surface area contributed by atoms with Crippen LogP contribution in [0.15, 0.2) is 30.3 Å². The van der Waals surface area contributed by atoms with Gasteiger partial charge in [-0.05, 0) is 38.3 Å². The molecule has 0 aliphatic rings. The third-order valence-electron chi connectivity index (χ3n) is 5.58. The molecule has 11 N–H and O–H groups in total. The maximum absolute atomic E-state index is 13.2. The van der Waals surface area contributed by atoms with Crippen molar-refractivity contribution in [2.75, 3.05) is 6.54 Å². The van der Waals surface area contributed by atoms with E-state index in [9.17, 15) is 34.2 Å². The number of hydrogen-bond acceptors (Lipinski definition) is 8. The molecule has 0 saturated heterocycles. The number of unbranched alkanes of at least 4 members (excludes halogenated alkanes) is 1. The molecule has 1 aromatic carbocycles. The van der Waals surface area contributed by atoms with Gasteiger partial charge in [-0.3, -0.25) is 19.2 Å². The molecule has 5 atom stereocenters. The molecule has 13 heteroatoms. The van der Waals surface area contributed by atoms with Crippen LogP contribution in [0.4, 0.5) is 0 Å². The van der Waals surface area contributed by atoms with E-state index in [0.29, 0.717) is 31.4 Å². The fourth-order valence-corrected chi connectivity index (χ4v) is 3.45. The van der Waals surface area contributed by atoms with Crippen molar-refractivity contribution in [3.63, 3.8) is 0 Å². The van der Waals surface area contributed by atoms with Gasteiger partial charge in [-0.2, -0.15) is 0 Å². The van der Waals surface area contributed by atoms with E-state index in [1.165, 1.54) is 6.92 Å². The number of carbonyl (C=O) groups excluding carboxylic acids is 4. The van der Waals surface area contributed by atoms with Crippen LogP contribution in [-0.4, -0.2) is 76.6 Å². The quantitative estimate of drug-likeness (QED) is 0.104. The Labute approximate surface area is 215 Å². The number of nitrogens with two attached hydrogens (primary N) is 3. The number of carbonyl (C=O) groups is 5. The highest BCUT2D eigenvalue weighted by Gasteiger charge is 2.32. The Kier molecular flexibility index (Phi) is 13.8. The summed E-state index contributed by atoms with van der Waals surface area (Å²) in [6.45, 7) is 1.65. The summed E-state index contributed by atoms with van der Waals surface area (Å²) in [6.07, 6.45) is -0.171. The van der Waals surface area contributed by atoms with Crippen LogP contribution < -0.4 is 33.2 Å². The number of hydrogen-bond donors (Lipinski definition) is 8. The lowest BCUT2D eigenvalue weighted by Gasteiger charge is -2.26. The molecule has 0 saturated carbocycles. The minimum atomic E-state index is -1.61. The molecule has 1 aromatic rings. The monoisotopic (exact) mass is 522 g/mol. The van der Waals surface area contributed by atoms with Crippen molar-refractivity contribution in [1.29, 1.82) is 0 Å². The van der Waals surface area contributed by atoms with E-state index < -0.39 is 59.9 Å². The fourth-order valence-electron chi connectivity index (χ4n) is 3.45. The van der Waals surface area contributed by atoms with Crippen molar-refractivity contribution < 1.29 is 34.2 Å². The van der Waals surface area contributed by atoms with Crippen LogP contribution >= 0.6 is 0 Å². The first-order chi connectivity index (χ1) is 17.5. The van der Waals surface area contributed by atoms with Gasteiger partial charge in [0.2, 0.25) is 23.6 Å². The molecule has 0 heterocycles. The maximum atomic E-state index is 13.2.